The summed E-state index contributed by atoms with van der Waals surface area (Å²) in [5.74, 6) is -0.159. The molecule has 0 bridgehead atoms. The highest BCUT2D eigenvalue weighted by Crippen LogP contribution is 2.19. The summed E-state index contributed by atoms with van der Waals surface area (Å²) in [6.07, 6.45) is 1.84. The third-order valence-corrected chi connectivity index (χ3v) is 6.78. The van der Waals surface area contributed by atoms with E-state index in [9.17, 15) is 13.2 Å². The first-order valence-electron chi connectivity index (χ1n) is 10.6. The maximum atomic E-state index is 13.1. The Morgan fingerprint density at radius 2 is 1.66 bits per heavy atom. The summed E-state index contributed by atoms with van der Waals surface area (Å²) >= 11 is 0. The number of sulfone groups is 1. The van der Waals surface area contributed by atoms with Crippen LogP contribution in [0.2, 0.25) is 0 Å². The maximum Gasteiger partial charge on any atom is 0.228 e. The lowest BCUT2D eigenvalue weighted by atomic mass is 10.1. The van der Waals surface area contributed by atoms with Gasteiger partial charge in [-0.25, -0.2) is 13.4 Å². The number of nitrogens with zero attached hydrogens (tertiary/aromatic N) is 3. The van der Waals surface area contributed by atoms with Crippen LogP contribution >= 0.6 is 0 Å². The molecule has 8 heteroatoms. The first kappa shape index (κ1) is 23.7. The molecule has 0 fully saturated rings. The number of imidazole rings is 1. The normalized spacial score (nSPS) is 11.4. The van der Waals surface area contributed by atoms with Crippen LogP contribution in [0.3, 0.4) is 0 Å². The van der Waals surface area contributed by atoms with Gasteiger partial charge in [-0.2, -0.15) is 0 Å². The third kappa shape index (κ3) is 6.05. The number of rotatable bonds is 11. The Labute approximate surface area is 189 Å². The summed E-state index contributed by atoms with van der Waals surface area (Å²) in [6, 6.07) is 18.6. The van der Waals surface area contributed by atoms with Gasteiger partial charge in [0.2, 0.25) is 20.9 Å². The van der Waals surface area contributed by atoms with Crippen molar-refractivity contribution in [3.05, 3.63) is 83.7 Å². The van der Waals surface area contributed by atoms with Crippen LogP contribution in [0.1, 0.15) is 23.7 Å². The quantitative estimate of drug-likeness (QED) is 0.444. The van der Waals surface area contributed by atoms with Crippen molar-refractivity contribution in [3.63, 3.8) is 0 Å². The van der Waals surface area contributed by atoms with Crippen molar-refractivity contribution in [2.75, 3.05) is 20.3 Å². The van der Waals surface area contributed by atoms with Crippen LogP contribution < -0.4 is 0 Å². The zero-order valence-corrected chi connectivity index (χ0v) is 19.3. The van der Waals surface area contributed by atoms with Crippen LogP contribution in [0.5, 0.6) is 0 Å². The Hall–Kier alpha value is -2.97. The van der Waals surface area contributed by atoms with E-state index in [4.69, 9.17) is 4.74 Å². The largest absolute Gasteiger partial charge is 0.383 e. The Balaban J connectivity index is 1.84. The van der Waals surface area contributed by atoms with E-state index in [-0.39, 0.29) is 23.4 Å². The van der Waals surface area contributed by atoms with Crippen molar-refractivity contribution in [1.82, 2.24) is 14.5 Å². The highest BCUT2D eigenvalue weighted by molar-refractivity contribution is 7.90. The molecule has 1 amide bonds. The number of hydrogen-bond donors (Lipinski definition) is 0. The molecule has 0 unspecified atom stereocenters. The van der Waals surface area contributed by atoms with Crippen LogP contribution in [-0.4, -0.2) is 49.0 Å². The molecule has 3 rings (SSSR count). The number of likely N-dealkylation sites (N-methyl/N-ethyl adjacent to an activating group) is 1. The molecule has 0 radical (unpaired) electrons. The average molecular weight is 456 g/mol. The van der Waals surface area contributed by atoms with Gasteiger partial charge in [-0.1, -0.05) is 60.7 Å². The Kier molecular flexibility index (Phi) is 8.19. The molecule has 0 aliphatic heterocycles. The Morgan fingerprint density at radius 1 is 1.03 bits per heavy atom. The van der Waals surface area contributed by atoms with Gasteiger partial charge >= 0.3 is 0 Å². The predicted octanol–water partition coefficient (Wildman–Crippen LogP) is 3.09. The van der Waals surface area contributed by atoms with Crippen LogP contribution in [0, 0.1) is 0 Å². The first-order chi connectivity index (χ1) is 15.4. The smallest absolute Gasteiger partial charge is 0.228 e. The topological polar surface area (TPSA) is 81.5 Å². The van der Waals surface area contributed by atoms with Crippen LogP contribution in [-0.2, 0) is 44.6 Å². The number of ether oxygens (including phenoxy) is 1. The number of methoxy groups -OCH3 is 1. The second-order valence-corrected chi connectivity index (χ2v) is 9.37. The van der Waals surface area contributed by atoms with Crippen molar-refractivity contribution in [2.24, 2.45) is 0 Å². The van der Waals surface area contributed by atoms with Crippen molar-refractivity contribution < 1.29 is 17.9 Å². The molecule has 7 nitrogen and oxygen atoms in total. The van der Waals surface area contributed by atoms with Crippen LogP contribution in [0.4, 0.5) is 0 Å². The molecule has 0 aliphatic rings. The minimum Gasteiger partial charge on any atom is -0.383 e. The van der Waals surface area contributed by atoms with Crippen molar-refractivity contribution in [2.45, 2.75) is 37.3 Å². The molecule has 0 aliphatic carbocycles. The van der Waals surface area contributed by atoms with Crippen molar-refractivity contribution in [1.29, 1.82) is 0 Å². The van der Waals surface area contributed by atoms with Gasteiger partial charge in [-0.05, 0) is 18.1 Å². The van der Waals surface area contributed by atoms with Gasteiger partial charge in [0.05, 0.1) is 37.2 Å². The van der Waals surface area contributed by atoms with Gasteiger partial charge in [-0.15, -0.1) is 0 Å². The van der Waals surface area contributed by atoms with Gasteiger partial charge in [0.15, 0.2) is 0 Å². The summed E-state index contributed by atoms with van der Waals surface area (Å²) in [4.78, 5) is 18.8. The summed E-state index contributed by atoms with van der Waals surface area (Å²) < 4.78 is 33.1. The summed E-state index contributed by atoms with van der Waals surface area (Å²) in [5, 5.41) is -0.0000329. The molecular formula is C24H29N3O4S. The zero-order chi connectivity index (χ0) is 23.0. The molecule has 1 heterocycles. The minimum absolute atomic E-state index is 0.0000329. The van der Waals surface area contributed by atoms with E-state index in [1.807, 2.05) is 55.5 Å². The van der Waals surface area contributed by atoms with Gasteiger partial charge in [-0.3, -0.25) is 4.79 Å². The molecule has 0 N–H and O–H groups in total. The highest BCUT2D eigenvalue weighted by atomic mass is 32.2. The second kappa shape index (κ2) is 11.1. The van der Waals surface area contributed by atoms with E-state index in [1.165, 1.54) is 0 Å². The molecule has 2 aromatic carbocycles. The molecule has 0 atom stereocenters. The first-order valence-corrected chi connectivity index (χ1v) is 12.2. The fourth-order valence-corrected chi connectivity index (χ4v) is 5.02. The number of aromatic nitrogens is 2. The van der Waals surface area contributed by atoms with Gasteiger partial charge < -0.3 is 14.2 Å². The van der Waals surface area contributed by atoms with Crippen LogP contribution in [0.15, 0.2) is 72.0 Å². The molecular weight excluding hydrogens is 426 g/mol. The van der Waals surface area contributed by atoms with Gasteiger partial charge in [0.25, 0.3) is 0 Å². The summed E-state index contributed by atoms with van der Waals surface area (Å²) in [6.45, 7) is 3.36. The molecule has 170 valence electrons. The lowest BCUT2D eigenvalue weighted by Gasteiger charge is -2.22. The fraction of sp³-hybridized carbons (Fsp3) is 0.333. The summed E-state index contributed by atoms with van der Waals surface area (Å²) in [7, 11) is -2.11. The van der Waals surface area contributed by atoms with E-state index in [2.05, 4.69) is 4.98 Å². The molecule has 0 spiro atoms. The number of amides is 1. The van der Waals surface area contributed by atoms with E-state index in [0.717, 1.165) is 5.56 Å². The van der Waals surface area contributed by atoms with E-state index < -0.39 is 9.84 Å². The molecule has 3 aromatic rings. The number of benzene rings is 2. The monoisotopic (exact) mass is 455 g/mol. The average Bonchev–Trinajstić information content (AvgIpc) is 3.20. The van der Waals surface area contributed by atoms with Crippen molar-refractivity contribution >= 4 is 15.7 Å². The minimum atomic E-state index is -3.67. The van der Waals surface area contributed by atoms with E-state index in [1.54, 1.807) is 34.9 Å². The SMILES string of the molecule is CCN(Cc1cnc(S(=O)(=O)Cc2ccccc2)n1CCOC)C(=O)Cc1ccccc1. The van der Waals surface area contributed by atoms with E-state index in [0.29, 0.717) is 37.4 Å². The lowest BCUT2D eigenvalue weighted by Crippen LogP contribution is -2.32. The van der Waals surface area contributed by atoms with E-state index >= 15 is 0 Å². The van der Waals surface area contributed by atoms with Gasteiger partial charge in [0, 0.05) is 20.2 Å². The third-order valence-electron chi connectivity index (χ3n) is 5.18. The van der Waals surface area contributed by atoms with Crippen molar-refractivity contribution in [3.8, 4) is 0 Å². The Morgan fingerprint density at radius 3 is 2.25 bits per heavy atom. The number of hydrogen-bond acceptors (Lipinski definition) is 5. The predicted molar refractivity (Wildman–Crippen MR) is 123 cm³/mol. The fourth-order valence-electron chi connectivity index (χ4n) is 3.50. The van der Waals surface area contributed by atoms with Crippen LogP contribution in [0.25, 0.3) is 0 Å². The second-order valence-electron chi connectivity index (χ2n) is 7.49. The maximum absolute atomic E-state index is 13.1. The molecule has 1 aromatic heterocycles. The highest BCUT2D eigenvalue weighted by Gasteiger charge is 2.25. The van der Waals surface area contributed by atoms with Gasteiger partial charge in [0.1, 0.15) is 0 Å². The molecule has 32 heavy (non-hydrogen) atoms. The number of carbonyl (C=O) groups is 1. The summed E-state index contributed by atoms with van der Waals surface area (Å²) in [5.41, 5.74) is 2.30. The standard InChI is InChI=1S/C24H29N3O4S/c1-3-26(23(28)16-20-10-6-4-7-11-20)18-22-17-25-24(27(22)14-15-31-2)32(29,30)19-21-12-8-5-9-13-21/h4-13,17H,3,14-16,18-19H2,1-2H3. The zero-order valence-electron chi connectivity index (χ0n) is 18.5. The lowest BCUT2D eigenvalue weighted by molar-refractivity contribution is -0.130. The molecule has 0 saturated carbocycles. The molecule has 0 saturated heterocycles. The Bertz CT molecular complexity index is 1110. The number of carbonyl (C=O) groups excluding carboxylic acids is 1.